The number of ether oxygens (including phenoxy) is 3. The predicted molar refractivity (Wildman–Crippen MR) is 118 cm³/mol. The van der Waals surface area contributed by atoms with Gasteiger partial charge in [-0.25, -0.2) is 0 Å². The fourth-order valence-corrected chi connectivity index (χ4v) is 2.89. The van der Waals surface area contributed by atoms with E-state index in [1.165, 1.54) is 12.8 Å². The van der Waals surface area contributed by atoms with Gasteiger partial charge in [0.25, 0.3) is 0 Å². The average molecular weight is 459 g/mol. The molecule has 29 heavy (non-hydrogen) atoms. The van der Waals surface area contributed by atoms with Crippen molar-refractivity contribution in [2.24, 2.45) is 4.99 Å². The Morgan fingerprint density at radius 1 is 1.10 bits per heavy atom. The van der Waals surface area contributed by atoms with Gasteiger partial charge in [-0.15, -0.1) is 4.99 Å². The zero-order chi connectivity index (χ0) is 20.6. The highest BCUT2D eigenvalue weighted by molar-refractivity contribution is 9.09. The molecule has 1 aliphatic heterocycles. The zero-order valence-corrected chi connectivity index (χ0v) is 18.1. The van der Waals surface area contributed by atoms with Crippen LogP contribution in [0.1, 0.15) is 31.2 Å². The standard InChI is InChI=1S/C15H12N2O.C8H15BrO2/c16-12-17-15(11-13-7-3-1-4-8-13)18-14-9-5-2-6-10-14;9-5-3-7-11-8-4-1-2-6-10-8/h1-10H,11H2;8H,1-7H2. The molecule has 0 amide bonds. The second-order valence-electron chi connectivity index (χ2n) is 6.39. The zero-order valence-electron chi connectivity index (χ0n) is 16.5. The summed E-state index contributed by atoms with van der Waals surface area (Å²) in [6, 6.07) is 19.1. The summed E-state index contributed by atoms with van der Waals surface area (Å²) in [5.41, 5.74) is 1.06. The van der Waals surface area contributed by atoms with Crippen molar-refractivity contribution in [3.8, 4) is 11.9 Å². The number of benzene rings is 2. The Bertz CT molecular complexity index is 698. The van der Waals surface area contributed by atoms with Gasteiger partial charge in [-0.2, -0.15) is 5.26 Å². The molecular formula is C23H27BrN2O3. The van der Waals surface area contributed by atoms with Gasteiger partial charge in [0.2, 0.25) is 12.1 Å². The second kappa shape index (κ2) is 14.7. The molecule has 2 aromatic carbocycles. The number of hydrogen-bond donors (Lipinski definition) is 0. The Morgan fingerprint density at radius 3 is 2.45 bits per heavy atom. The minimum Gasteiger partial charge on any atom is -0.442 e. The van der Waals surface area contributed by atoms with Gasteiger partial charge in [-0.3, -0.25) is 0 Å². The smallest absolute Gasteiger partial charge is 0.210 e. The Kier molecular flexibility index (Phi) is 11.7. The molecule has 0 saturated carbocycles. The molecule has 0 aliphatic carbocycles. The normalized spacial score (nSPS) is 16.3. The third-order valence-corrected chi connectivity index (χ3v) is 4.63. The summed E-state index contributed by atoms with van der Waals surface area (Å²) in [6.45, 7) is 1.69. The van der Waals surface area contributed by atoms with Gasteiger partial charge < -0.3 is 14.2 Å². The fraction of sp³-hybridized carbons (Fsp3) is 0.391. The van der Waals surface area contributed by atoms with Gasteiger partial charge in [0.1, 0.15) is 5.75 Å². The van der Waals surface area contributed by atoms with E-state index in [9.17, 15) is 0 Å². The topological polar surface area (TPSA) is 63.8 Å². The summed E-state index contributed by atoms with van der Waals surface area (Å²) in [4.78, 5) is 3.71. The van der Waals surface area contributed by atoms with Crippen LogP contribution in [0.2, 0.25) is 0 Å². The van der Waals surface area contributed by atoms with Crippen LogP contribution in [-0.4, -0.2) is 30.7 Å². The van der Waals surface area contributed by atoms with Crippen LogP contribution in [0.15, 0.2) is 65.7 Å². The second-order valence-corrected chi connectivity index (χ2v) is 7.19. The number of nitrogens with zero attached hydrogens (tertiary/aromatic N) is 2. The first kappa shape index (κ1) is 23.1. The highest BCUT2D eigenvalue weighted by atomic mass is 79.9. The van der Waals surface area contributed by atoms with Gasteiger partial charge in [0.15, 0.2) is 6.29 Å². The Balaban J connectivity index is 0.000000234. The molecule has 0 aromatic heterocycles. The van der Waals surface area contributed by atoms with Crippen molar-refractivity contribution >= 4 is 21.8 Å². The third-order valence-electron chi connectivity index (χ3n) is 4.07. The van der Waals surface area contributed by atoms with Gasteiger partial charge in [0, 0.05) is 11.9 Å². The van der Waals surface area contributed by atoms with E-state index in [0.29, 0.717) is 18.1 Å². The highest BCUT2D eigenvalue weighted by Gasteiger charge is 2.12. The van der Waals surface area contributed by atoms with E-state index in [0.717, 1.165) is 36.9 Å². The van der Waals surface area contributed by atoms with Crippen LogP contribution in [0.5, 0.6) is 5.75 Å². The van der Waals surface area contributed by atoms with Gasteiger partial charge >= 0.3 is 0 Å². The van der Waals surface area contributed by atoms with Crippen LogP contribution in [0.3, 0.4) is 0 Å². The lowest BCUT2D eigenvalue weighted by molar-refractivity contribution is -0.161. The van der Waals surface area contributed by atoms with Crippen molar-refractivity contribution < 1.29 is 14.2 Å². The molecule has 0 radical (unpaired) electrons. The molecule has 2 aromatic rings. The quantitative estimate of drug-likeness (QED) is 0.180. The summed E-state index contributed by atoms with van der Waals surface area (Å²) < 4.78 is 16.4. The van der Waals surface area contributed by atoms with E-state index in [1.54, 1.807) is 6.19 Å². The van der Waals surface area contributed by atoms with Crippen molar-refractivity contribution in [2.45, 2.75) is 38.4 Å². The fourth-order valence-electron chi connectivity index (χ4n) is 2.66. The first-order chi connectivity index (χ1) is 14.3. The van der Waals surface area contributed by atoms with Gasteiger partial charge in [0.05, 0.1) is 13.0 Å². The number of rotatable bonds is 7. The van der Waals surface area contributed by atoms with E-state index >= 15 is 0 Å². The summed E-state index contributed by atoms with van der Waals surface area (Å²) in [7, 11) is 0. The molecule has 5 nitrogen and oxygen atoms in total. The van der Waals surface area contributed by atoms with Crippen molar-refractivity contribution in [1.82, 2.24) is 0 Å². The molecule has 6 heteroatoms. The number of alkyl halides is 1. The summed E-state index contributed by atoms with van der Waals surface area (Å²) in [6.07, 6.45) is 6.94. The average Bonchev–Trinajstić information content (AvgIpc) is 2.77. The van der Waals surface area contributed by atoms with Crippen LogP contribution in [0.4, 0.5) is 0 Å². The predicted octanol–water partition coefficient (Wildman–Crippen LogP) is 5.50. The molecule has 1 fully saturated rings. The van der Waals surface area contributed by atoms with E-state index in [2.05, 4.69) is 20.9 Å². The molecule has 1 heterocycles. The lowest BCUT2D eigenvalue weighted by Crippen LogP contribution is -2.22. The van der Waals surface area contributed by atoms with Gasteiger partial charge in [-0.05, 0) is 43.4 Å². The molecule has 0 spiro atoms. The van der Waals surface area contributed by atoms with Crippen molar-refractivity contribution in [3.05, 3.63) is 66.2 Å². The van der Waals surface area contributed by atoms with Crippen LogP contribution < -0.4 is 4.74 Å². The third kappa shape index (κ3) is 10.2. The van der Waals surface area contributed by atoms with Crippen LogP contribution in [0.25, 0.3) is 0 Å². The summed E-state index contributed by atoms with van der Waals surface area (Å²) >= 11 is 3.35. The molecule has 1 saturated heterocycles. The minimum atomic E-state index is 0.0859. The molecule has 0 N–H and O–H groups in total. The highest BCUT2D eigenvalue weighted by Crippen LogP contribution is 2.14. The van der Waals surface area contributed by atoms with Crippen LogP contribution >= 0.6 is 15.9 Å². The van der Waals surface area contributed by atoms with E-state index in [4.69, 9.17) is 19.5 Å². The first-order valence-electron chi connectivity index (χ1n) is 9.83. The number of aliphatic imine (C=N–C) groups is 1. The van der Waals surface area contributed by atoms with Crippen molar-refractivity contribution in [3.63, 3.8) is 0 Å². The first-order valence-corrected chi connectivity index (χ1v) is 11.0. The number of halogens is 1. The lowest BCUT2D eigenvalue weighted by Gasteiger charge is -2.22. The number of para-hydroxylation sites is 1. The monoisotopic (exact) mass is 458 g/mol. The molecule has 1 atom stereocenters. The number of nitriles is 1. The molecule has 1 unspecified atom stereocenters. The number of hydrogen-bond acceptors (Lipinski definition) is 5. The Morgan fingerprint density at radius 2 is 1.83 bits per heavy atom. The maximum absolute atomic E-state index is 8.68. The van der Waals surface area contributed by atoms with Crippen molar-refractivity contribution in [2.75, 3.05) is 18.5 Å². The molecule has 154 valence electrons. The largest absolute Gasteiger partial charge is 0.442 e. The SMILES string of the molecule is BrCCCOC1CCCCO1.N#CN=C(Cc1ccccc1)Oc1ccccc1. The van der Waals surface area contributed by atoms with Crippen LogP contribution in [-0.2, 0) is 15.9 Å². The van der Waals surface area contributed by atoms with E-state index in [1.807, 2.05) is 60.7 Å². The van der Waals surface area contributed by atoms with Crippen molar-refractivity contribution in [1.29, 1.82) is 5.26 Å². The maximum Gasteiger partial charge on any atom is 0.210 e. The van der Waals surface area contributed by atoms with Gasteiger partial charge in [-0.1, -0.05) is 64.5 Å². The van der Waals surface area contributed by atoms with Crippen LogP contribution in [0, 0.1) is 11.5 Å². The summed E-state index contributed by atoms with van der Waals surface area (Å²) in [5.74, 6) is 1.08. The lowest BCUT2D eigenvalue weighted by atomic mass is 10.1. The van der Waals surface area contributed by atoms with E-state index < -0.39 is 0 Å². The molecule has 3 rings (SSSR count). The van der Waals surface area contributed by atoms with E-state index in [-0.39, 0.29) is 6.29 Å². The molecule has 0 bridgehead atoms. The Hall–Kier alpha value is -2.20. The molecule has 1 aliphatic rings. The Labute approximate surface area is 181 Å². The summed E-state index contributed by atoms with van der Waals surface area (Å²) in [5, 5.41) is 9.69. The molecular weight excluding hydrogens is 432 g/mol. The maximum atomic E-state index is 8.68. The minimum absolute atomic E-state index is 0.0859.